The molecule has 4 aliphatic rings. The van der Waals surface area contributed by atoms with Crippen LogP contribution in [0, 0.1) is 5.92 Å². The van der Waals surface area contributed by atoms with Crippen molar-refractivity contribution in [2.45, 2.75) is 75.3 Å². The normalized spacial score (nSPS) is 32.7. The van der Waals surface area contributed by atoms with Gasteiger partial charge in [0.25, 0.3) is 0 Å². The van der Waals surface area contributed by atoms with Gasteiger partial charge >= 0.3 is 0 Å². The van der Waals surface area contributed by atoms with Crippen molar-refractivity contribution in [1.82, 2.24) is 9.88 Å². The maximum Gasteiger partial charge on any atom is 0.108 e. The van der Waals surface area contributed by atoms with E-state index in [9.17, 15) is 10.2 Å². The number of aliphatic hydroxyl groups excluding tert-OH is 1. The van der Waals surface area contributed by atoms with Gasteiger partial charge in [0.1, 0.15) is 6.23 Å². The Balaban J connectivity index is 1.27. The molecular weight excluding hydrogens is 392 g/mol. The monoisotopic (exact) mass is 422 g/mol. The molecule has 0 spiro atoms. The van der Waals surface area contributed by atoms with E-state index in [-0.39, 0.29) is 5.92 Å². The van der Waals surface area contributed by atoms with E-state index in [1.165, 1.54) is 21.4 Å². The highest BCUT2D eigenvalue weighted by Gasteiger charge is 2.55. The number of nitrogens with one attached hydrogen (secondary N) is 1. The first-order chi connectivity index (χ1) is 14.5. The number of piperidine rings is 2. The summed E-state index contributed by atoms with van der Waals surface area (Å²) < 4.78 is 0. The minimum absolute atomic E-state index is 0.245. The van der Waals surface area contributed by atoms with Crippen molar-refractivity contribution in [2.24, 2.45) is 5.92 Å². The van der Waals surface area contributed by atoms with E-state index in [0.29, 0.717) is 18.0 Å². The van der Waals surface area contributed by atoms with Crippen molar-refractivity contribution in [3.05, 3.63) is 47.5 Å². The van der Waals surface area contributed by atoms with Crippen molar-refractivity contribution in [2.75, 3.05) is 0 Å². The van der Waals surface area contributed by atoms with E-state index < -0.39 is 11.8 Å². The first-order valence-corrected chi connectivity index (χ1v) is 12.2. The zero-order valence-electron chi connectivity index (χ0n) is 17.4. The van der Waals surface area contributed by atoms with Crippen molar-refractivity contribution >= 4 is 22.2 Å². The second-order valence-corrected chi connectivity index (χ2v) is 10.9. The van der Waals surface area contributed by atoms with Crippen LogP contribution in [0.25, 0.3) is 21.3 Å². The summed E-state index contributed by atoms with van der Waals surface area (Å²) in [6.07, 6.45) is 7.33. The van der Waals surface area contributed by atoms with Gasteiger partial charge in [-0.1, -0.05) is 25.1 Å². The lowest BCUT2D eigenvalue weighted by Gasteiger charge is -2.61. The topological polar surface area (TPSA) is 59.5 Å². The molecule has 4 heterocycles. The Morgan fingerprint density at radius 2 is 1.97 bits per heavy atom. The Hall–Kier alpha value is -1.66. The number of nitrogens with zero attached hydrogens (tertiary/aromatic N) is 1. The molecule has 7 rings (SSSR count). The molecule has 4 bridgehead atoms. The quantitative estimate of drug-likeness (QED) is 0.537. The summed E-state index contributed by atoms with van der Waals surface area (Å²) in [5.41, 5.74) is 3.26. The number of benzene rings is 1. The molecule has 4 nitrogen and oxygen atoms in total. The number of hydrogen-bond acceptors (Lipinski definition) is 4. The van der Waals surface area contributed by atoms with Gasteiger partial charge in [-0.3, -0.25) is 4.90 Å². The average Bonchev–Trinajstić information content (AvgIpc) is 3.36. The molecule has 2 saturated heterocycles. The fourth-order valence-electron chi connectivity index (χ4n) is 6.90. The van der Waals surface area contributed by atoms with Crippen LogP contribution < -0.4 is 0 Å². The molecule has 0 radical (unpaired) electrons. The molecule has 2 aliphatic heterocycles. The van der Waals surface area contributed by atoms with Crippen molar-refractivity contribution < 1.29 is 10.2 Å². The maximum atomic E-state index is 11.3. The molecular formula is C25H30N2O2S. The standard InChI is InChI=1S/C25H30N2O2S/c1-15(8-23(28)27-17-9-16-10-18(27)13-25(29,11-16)12-17)20-14-26-21-5-2-4-19(24(20)21)22-6-3-7-30-22/h2-7,14-18,23,26,28-29H,8-13H2,1H3. The van der Waals surface area contributed by atoms with Crippen molar-refractivity contribution in [3.8, 4) is 10.4 Å². The second-order valence-electron chi connectivity index (χ2n) is 10.00. The number of hydrogen-bond donors (Lipinski definition) is 3. The van der Waals surface area contributed by atoms with Gasteiger partial charge in [-0.05, 0) is 73.4 Å². The smallest absolute Gasteiger partial charge is 0.108 e. The number of aliphatic hydroxyl groups is 2. The van der Waals surface area contributed by atoms with Crippen molar-refractivity contribution in [1.29, 1.82) is 0 Å². The average molecular weight is 423 g/mol. The van der Waals surface area contributed by atoms with Crippen LogP contribution in [0.4, 0.5) is 0 Å². The Morgan fingerprint density at radius 3 is 2.67 bits per heavy atom. The third kappa shape index (κ3) is 2.98. The number of aromatic amines is 1. The molecule has 30 heavy (non-hydrogen) atoms. The summed E-state index contributed by atoms with van der Waals surface area (Å²) in [4.78, 5) is 7.10. The van der Waals surface area contributed by atoms with Gasteiger partial charge in [-0.25, -0.2) is 0 Å². The molecule has 3 N–H and O–H groups in total. The minimum atomic E-state index is -0.467. The molecule has 3 aromatic rings. The molecule has 5 heteroatoms. The SMILES string of the molecule is CC(CC(O)N1C2CC3CC1CC(O)(C3)C2)c1c[nH]c2cccc(-c3cccs3)c12. The van der Waals surface area contributed by atoms with Crippen LogP contribution in [0.1, 0.15) is 56.9 Å². The Bertz CT molecular complexity index is 1040. The van der Waals surface area contributed by atoms with Gasteiger partial charge in [-0.15, -0.1) is 11.3 Å². The third-order valence-electron chi connectivity index (χ3n) is 7.92. The third-order valence-corrected chi connectivity index (χ3v) is 8.82. The highest BCUT2D eigenvalue weighted by molar-refractivity contribution is 7.13. The van der Waals surface area contributed by atoms with Crippen LogP contribution in [0.2, 0.25) is 0 Å². The minimum Gasteiger partial charge on any atom is -0.390 e. The Kier molecular flexibility index (Phi) is 4.40. The fraction of sp³-hybridized carbons (Fsp3) is 0.520. The highest BCUT2D eigenvalue weighted by Crippen LogP contribution is 2.52. The van der Waals surface area contributed by atoms with E-state index in [2.05, 4.69) is 58.7 Å². The first kappa shape index (κ1) is 19.1. The van der Waals surface area contributed by atoms with Gasteiger partial charge in [-0.2, -0.15) is 0 Å². The van der Waals surface area contributed by atoms with Gasteiger partial charge in [0.15, 0.2) is 0 Å². The van der Waals surface area contributed by atoms with Gasteiger partial charge in [0.05, 0.1) is 5.60 Å². The fourth-order valence-corrected chi connectivity index (χ4v) is 7.66. The molecule has 4 atom stereocenters. The van der Waals surface area contributed by atoms with E-state index in [1.54, 1.807) is 11.3 Å². The molecule has 4 unspecified atom stereocenters. The number of fused-ring (bicyclic) bond motifs is 1. The first-order valence-electron chi connectivity index (χ1n) is 11.3. The Morgan fingerprint density at radius 1 is 1.17 bits per heavy atom. The predicted octanol–water partition coefficient (Wildman–Crippen LogP) is 5.09. The van der Waals surface area contributed by atoms with Gasteiger partial charge in [0, 0.05) is 39.6 Å². The van der Waals surface area contributed by atoms with E-state index in [1.807, 2.05) is 0 Å². The largest absolute Gasteiger partial charge is 0.390 e. The lowest BCUT2D eigenvalue weighted by Crippen LogP contribution is -2.66. The van der Waals surface area contributed by atoms with Crippen LogP contribution >= 0.6 is 11.3 Å². The number of H-pyrrole nitrogens is 1. The van der Waals surface area contributed by atoms with Crippen LogP contribution in [-0.4, -0.2) is 44.0 Å². The number of aromatic nitrogens is 1. The van der Waals surface area contributed by atoms with E-state index in [4.69, 9.17) is 0 Å². The molecule has 2 aliphatic carbocycles. The number of thiophene rings is 1. The van der Waals surface area contributed by atoms with Crippen LogP contribution in [-0.2, 0) is 0 Å². The van der Waals surface area contributed by atoms with Gasteiger partial charge < -0.3 is 15.2 Å². The van der Waals surface area contributed by atoms with Crippen LogP contribution in [0.5, 0.6) is 0 Å². The summed E-state index contributed by atoms with van der Waals surface area (Å²) in [5, 5.41) is 25.6. The molecule has 0 amide bonds. The van der Waals surface area contributed by atoms with Crippen LogP contribution in [0.3, 0.4) is 0 Å². The van der Waals surface area contributed by atoms with Crippen molar-refractivity contribution in [3.63, 3.8) is 0 Å². The lowest BCUT2D eigenvalue weighted by atomic mass is 9.61. The lowest BCUT2D eigenvalue weighted by molar-refractivity contribution is -0.199. The second kappa shape index (κ2) is 6.92. The molecule has 2 saturated carbocycles. The summed E-state index contributed by atoms with van der Waals surface area (Å²) in [7, 11) is 0. The number of rotatable bonds is 5. The molecule has 158 valence electrons. The van der Waals surface area contributed by atoms with E-state index in [0.717, 1.165) is 44.0 Å². The maximum absolute atomic E-state index is 11.3. The molecule has 2 aromatic heterocycles. The Labute approximate surface area is 181 Å². The predicted molar refractivity (Wildman–Crippen MR) is 122 cm³/mol. The highest BCUT2D eigenvalue weighted by atomic mass is 32.1. The summed E-state index contributed by atoms with van der Waals surface area (Å²) in [6.45, 7) is 2.24. The zero-order valence-corrected chi connectivity index (χ0v) is 18.2. The molecule has 4 fully saturated rings. The van der Waals surface area contributed by atoms with Crippen LogP contribution in [0.15, 0.2) is 41.9 Å². The van der Waals surface area contributed by atoms with E-state index >= 15 is 0 Å². The van der Waals surface area contributed by atoms with Gasteiger partial charge in [0.2, 0.25) is 0 Å². The summed E-state index contributed by atoms with van der Waals surface area (Å²) in [6, 6.07) is 11.4. The zero-order chi connectivity index (χ0) is 20.5. The molecule has 1 aromatic carbocycles. The summed E-state index contributed by atoms with van der Waals surface area (Å²) >= 11 is 1.77. The summed E-state index contributed by atoms with van der Waals surface area (Å²) in [5.74, 6) is 0.894.